The molecule has 1 fully saturated rings. The Labute approximate surface area is 157 Å². The number of benzene rings is 2. The number of carbonyl (C=O) groups is 1. The van der Waals surface area contributed by atoms with E-state index in [9.17, 15) is 9.18 Å². The second kappa shape index (κ2) is 8.35. The van der Waals surface area contributed by atoms with Crippen LogP contribution in [0, 0.1) is 17.1 Å². The van der Waals surface area contributed by atoms with E-state index in [1.807, 2.05) is 35.0 Å². The molecule has 1 saturated heterocycles. The monoisotopic (exact) mass is 369 g/mol. The first-order valence-electron chi connectivity index (χ1n) is 8.41. The minimum atomic E-state index is -0.269. The van der Waals surface area contributed by atoms with E-state index in [0.29, 0.717) is 25.2 Å². The zero-order valence-corrected chi connectivity index (χ0v) is 15.4. The van der Waals surface area contributed by atoms with Gasteiger partial charge in [0, 0.05) is 18.8 Å². The summed E-state index contributed by atoms with van der Waals surface area (Å²) in [7, 11) is 1.90. The molecule has 1 aliphatic rings. The molecule has 0 aliphatic carbocycles. The molecule has 0 saturated carbocycles. The average molecular weight is 369 g/mol. The van der Waals surface area contributed by atoms with Gasteiger partial charge in [-0.2, -0.15) is 5.26 Å². The van der Waals surface area contributed by atoms with Gasteiger partial charge in [0.05, 0.1) is 18.2 Å². The maximum Gasteiger partial charge on any atom is 0.237 e. The van der Waals surface area contributed by atoms with Crippen LogP contribution in [0.1, 0.15) is 22.1 Å². The highest BCUT2D eigenvalue weighted by atomic mass is 32.2. The first-order chi connectivity index (χ1) is 12.6. The number of rotatable bonds is 5. The van der Waals surface area contributed by atoms with Gasteiger partial charge >= 0.3 is 0 Å². The van der Waals surface area contributed by atoms with Crippen LogP contribution >= 0.6 is 11.8 Å². The molecule has 0 aromatic heterocycles. The Bertz CT molecular complexity index is 819. The Kier molecular flexibility index (Phi) is 5.92. The Morgan fingerprint density at radius 3 is 2.85 bits per heavy atom. The SMILES string of the molecule is CN(CC(=O)N1CCS[C@H]1c1ccc(F)cc1)Cc1cccc(C#N)c1. The van der Waals surface area contributed by atoms with Crippen LogP contribution in [-0.4, -0.2) is 41.6 Å². The first kappa shape index (κ1) is 18.4. The molecule has 3 rings (SSSR count). The third kappa shape index (κ3) is 4.43. The Morgan fingerprint density at radius 2 is 2.12 bits per heavy atom. The first-order valence-corrected chi connectivity index (χ1v) is 9.46. The van der Waals surface area contributed by atoms with Gasteiger partial charge in [0.15, 0.2) is 0 Å². The largest absolute Gasteiger partial charge is 0.325 e. The van der Waals surface area contributed by atoms with E-state index in [0.717, 1.165) is 16.9 Å². The smallest absolute Gasteiger partial charge is 0.237 e. The number of likely N-dealkylation sites (N-methyl/N-ethyl adjacent to an activating group) is 1. The molecule has 0 unspecified atom stereocenters. The minimum absolute atomic E-state index is 0.0570. The Hall–Kier alpha value is -2.36. The van der Waals surface area contributed by atoms with Gasteiger partial charge in [-0.3, -0.25) is 9.69 Å². The van der Waals surface area contributed by atoms with Gasteiger partial charge < -0.3 is 4.90 Å². The molecule has 1 atom stereocenters. The molecule has 0 N–H and O–H groups in total. The highest BCUT2D eigenvalue weighted by Crippen LogP contribution is 2.37. The van der Waals surface area contributed by atoms with Crippen LogP contribution in [-0.2, 0) is 11.3 Å². The van der Waals surface area contributed by atoms with E-state index in [1.165, 1.54) is 12.1 Å². The third-order valence-corrected chi connectivity index (χ3v) is 5.54. The van der Waals surface area contributed by atoms with Gasteiger partial charge in [0.2, 0.25) is 5.91 Å². The number of nitrogens with zero attached hydrogens (tertiary/aromatic N) is 3. The number of thioether (sulfide) groups is 1. The van der Waals surface area contributed by atoms with Crippen LogP contribution in [0.25, 0.3) is 0 Å². The summed E-state index contributed by atoms with van der Waals surface area (Å²) in [5.41, 5.74) is 2.58. The highest BCUT2D eigenvalue weighted by Gasteiger charge is 2.30. The zero-order valence-electron chi connectivity index (χ0n) is 14.6. The molecule has 1 amide bonds. The molecule has 1 heterocycles. The lowest BCUT2D eigenvalue weighted by Gasteiger charge is -2.26. The lowest BCUT2D eigenvalue weighted by molar-refractivity contribution is -0.132. The summed E-state index contributed by atoms with van der Waals surface area (Å²) in [6, 6.07) is 15.9. The van der Waals surface area contributed by atoms with Crippen molar-refractivity contribution in [3.05, 3.63) is 71.0 Å². The third-order valence-electron chi connectivity index (χ3n) is 4.28. The maximum absolute atomic E-state index is 13.1. The van der Waals surface area contributed by atoms with Crippen molar-refractivity contribution in [1.82, 2.24) is 9.80 Å². The van der Waals surface area contributed by atoms with Gasteiger partial charge in [0.1, 0.15) is 11.2 Å². The van der Waals surface area contributed by atoms with Gasteiger partial charge in [-0.1, -0.05) is 24.3 Å². The molecule has 134 valence electrons. The van der Waals surface area contributed by atoms with Crippen LogP contribution in [0.5, 0.6) is 0 Å². The van der Waals surface area contributed by atoms with Gasteiger partial charge in [-0.05, 0) is 42.4 Å². The van der Waals surface area contributed by atoms with Gasteiger partial charge in [-0.15, -0.1) is 11.8 Å². The molecule has 4 nitrogen and oxygen atoms in total. The summed E-state index contributed by atoms with van der Waals surface area (Å²) in [5, 5.41) is 8.93. The van der Waals surface area contributed by atoms with Crippen LogP contribution in [0.4, 0.5) is 4.39 Å². The van der Waals surface area contributed by atoms with Crippen LogP contribution in [0.15, 0.2) is 48.5 Å². The number of carbonyl (C=O) groups excluding carboxylic acids is 1. The summed E-state index contributed by atoms with van der Waals surface area (Å²) in [6.07, 6.45) is 0. The fraction of sp³-hybridized carbons (Fsp3) is 0.300. The van der Waals surface area contributed by atoms with Gasteiger partial charge in [0.25, 0.3) is 0 Å². The molecule has 0 radical (unpaired) electrons. The molecule has 2 aromatic carbocycles. The summed E-state index contributed by atoms with van der Waals surface area (Å²) in [6.45, 7) is 1.60. The predicted molar refractivity (Wildman–Crippen MR) is 101 cm³/mol. The number of hydrogen-bond donors (Lipinski definition) is 0. The molecule has 0 spiro atoms. The second-order valence-corrected chi connectivity index (χ2v) is 7.53. The van der Waals surface area contributed by atoms with E-state index < -0.39 is 0 Å². The number of halogens is 1. The quantitative estimate of drug-likeness (QED) is 0.810. The minimum Gasteiger partial charge on any atom is -0.325 e. The van der Waals surface area contributed by atoms with Crippen LogP contribution in [0.3, 0.4) is 0 Å². The molecular formula is C20H20FN3OS. The van der Waals surface area contributed by atoms with Crippen LogP contribution < -0.4 is 0 Å². The molecule has 6 heteroatoms. The van der Waals surface area contributed by atoms with Crippen molar-refractivity contribution in [2.45, 2.75) is 11.9 Å². The normalized spacial score (nSPS) is 16.7. The van der Waals surface area contributed by atoms with E-state index in [2.05, 4.69) is 6.07 Å². The predicted octanol–water partition coefficient (Wildman–Crippen LogP) is 3.40. The number of amides is 1. The summed E-state index contributed by atoms with van der Waals surface area (Å²) in [4.78, 5) is 16.6. The average Bonchev–Trinajstić information content (AvgIpc) is 3.12. The van der Waals surface area contributed by atoms with Crippen LogP contribution in [0.2, 0.25) is 0 Å². The summed E-state index contributed by atoms with van der Waals surface area (Å²) in [5.74, 6) is 0.666. The van der Waals surface area contributed by atoms with E-state index in [-0.39, 0.29) is 17.1 Å². The van der Waals surface area contributed by atoms with Gasteiger partial charge in [-0.25, -0.2) is 4.39 Å². The number of hydrogen-bond acceptors (Lipinski definition) is 4. The number of nitriles is 1. The lowest BCUT2D eigenvalue weighted by Crippen LogP contribution is -2.38. The fourth-order valence-electron chi connectivity index (χ4n) is 3.06. The van der Waals surface area contributed by atoms with Crippen molar-refractivity contribution in [3.8, 4) is 6.07 Å². The van der Waals surface area contributed by atoms with E-state index in [1.54, 1.807) is 30.0 Å². The van der Waals surface area contributed by atoms with Crippen molar-refractivity contribution < 1.29 is 9.18 Å². The van der Waals surface area contributed by atoms with E-state index in [4.69, 9.17) is 5.26 Å². The Morgan fingerprint density at radius 1 is 1.35 bits per heavy atom. The van der Waals surface area contributed by atoms with Crippen molar-refractivity contribution >= 4 is 17.7 Å². The molecule has 1 aliphatic heterocycles. The lowest BCUT2D eigenvalue weighted by atomic mass is 10.1. The summed E-state index contributed by atoms with van der Waals surface area (Å²) < 4.78 is 13.1. The van der Waals surface area contributed by atoms with Crippen molar-refractivity contribution in [3.63, 3.8) is 0 Å². The topological polar surface area (TPSA) is 47.3 Å². The maximum atomic E-state index is 13.1. The standard InChI is InChI=1S/C20H20FN3OS/c1-23(13-16-4-2-3-15(11-16)12-22)14-19(25)24-9-10-26-20(24)17-5-7-18(21)8-6-17/h2-8,11,20H,9-10,13-14H2,1H3/t20-/m0/s1. The van der Waals surface area contributed by atoms with Crippen molar-refractivity contribution in [1.29, 1.82) is 5.26 Å². The molecule has 0 bridgehead atoms. The molecule has 2 aromatic rings. The Balaban J connectivity index is 1.62. The van der Waals surface area contributed by atoms with Crippen molar-refractivity contribution in [2.24, 2.45) is 0 Å². The van der Waals surface area contributed by atoms with Crippen molar-refractivity contribution in [2.75, 3.05) is 25.9 Å². The molecular weight excluding hydrogens is 349 g/mol. The second-order valence-electron chi connectivity index (χ2n) is 6.35. The molecule has 26 heavy (non-hydrogen) atoms. The fourth-order valence-corrected chi connectivity index (χ4v) is 4.34. The highest BCUT2D eigenvalue weighted by molar-refractivity contribution is 7.99. The summed E-state index contributed by atoms with van der Waals surface area (Å²) >= 11 is 1.70. The zero-order chi connectivity index (χ0) is 18.5. The van der Waals surface area contributed by atoms with E-state index >= 15 is 0 Å².